The Morgan fingerprint density at radius 1 is 1.10 bits per heavy atom. The first-order valence-electron chi connectivity index (χ1n) is 7.38. The molecule has 0 saturated heterocycles. The average Bonchev–Trinajstić information content (AvgIpc) is 2.45. The highest BCUT2D eigenvalue weighted by molar-refractivity contribution is 9.10. The Balaban J connectivity index is 1.80. The smallest absolute Gasteiger partial charge is 0.133 e. The minimum Gasteiger partial charge on any atom is -0.496 e. The fourth-order valence-corrected chi connectivity index (χ4v) is 3.34. The zero-order valence-corrected chi connectivity index (χ0v) is 13.8. The van der Waals surface area contributed by atoms with Crippen molar-refractivity contribution in [2.75, 3.05) is 7.11 Å². The molecule has 2 aromatic carbocycles. The van der Waals surface area contributed by atoms with Gasteiger partial charge in [0.05, 0.1) is 17.6 Å². The van der Waals surface area contributed by atoms with E-state index < -0.39 is 0 Å². The summed E-state index contributed by atoms with van der Waals surface area (Å²) in [4.78, 5) is 0. The molecule has 0 spiro atoms. The van der Waals surface area contributed by atoms with Gasteiger partial charge in [-0.25, -0.2) is 0 Å². The van der Waals surface area contributed by atoms with Crippen LogP contribution in [0.5, 0.6) is 5.75 Å². The van der Waals surface area contributed by atoms with Crippen LogP contribution in [0.2, 0.25) is 0 Å². The van der Waals surface area contributed by atoms with Gasteiger partial charge < -0.3 is 10.5 Å². The lowest BCUT2D eigenvalue weighted by atomic mass is 9.79. The molecule has 1 unspecified atom stereocenters. The van der Waals surface area contributed by atoms with Gasteiger partial charge in [0.25, 0.3) is 0 Å². The SMILES string of the molecule is COc1ccc(C(N)c2ccc(C3CCC3)cc2)cc1Br. The quantitative estimate of drug-likeness (QED) is 0.865. The highest BCUT2D eigenvalue weighted by Gasteiger charge is 2.19. The van der Waals surface area contributed by atoms with Crippen LogP contribution in [0, 0.1) is 0 Å². The Bertz CT molecular complexity index is 620. The molecule has 2 aromatic rings. The third kappa shape index (κ3) is 2.99. The molecule has 2 nitrogen and oxygen atoms in total. The number of ether oxygens (including phenoxy) is 1. The second-order valence-electron chi connectivity index (χ2n) is 5.67. The van der Waals surface area contributed by atoms with Gasteiger partial charge in [0.2, 0.25) is 0 Å². The van der Waals surface area contributed by atoms with E-state index in [1.807, 2.05) is 18.2 Å². The predicted molar refractivity (Wildman–Crippen MR) is 89.8 cm³/mol. The number of hydrogen-bond donors (Lipinski definition) is 1. The number of nitrogens with two attached hydrogens (primary N) is 1. The summed E-state index contributed by atoms with van der Waals surface area (Å²) in [5.41, 5.74) is 10.1. The van der Waals surface area contributed by atoms with Gasteiger partial charge in [-0.15, -0.1) is 0 Å². The Morgan fingerprint density at radius 3 is 2.29 bits per heavy atom. The Hall–Kier alpha value is -1.32. The van der Waals surface area contributed by atoms with E-state index in [0.717, 1.165) is 27.3 Å². The van der Waals surface area contributed by atoms with Gasteiger partial charge in [0.15, 0.2) is 0 Å². The van der Waals surface area contributed by atoms with E-state index in [2.05, 4.69) is 40.2 Å². The van der Waals surface area contributed by atoms with Crippen molar-refractivity contribution < 1.29 is 4.74 Å². The van der Waals surface area contributed by atoms with Crippen LogP contribution < -0.4 is 10.5 Å². The first-order chi connectivity index (χ1) is 10.2. The van der Waals surface area contributed by atoms with E-state index >= 15 is 0 Å². The van der Waals surface area contributed by atoms with Crippen molar-refractivity contribution in [3.05, 3.63) is 63.6 Å². The summed E-state index contributed by atoms with van der Waals surface area (Å²) in [5, 5.41) is 0. The van der Waals surface area contributed by atoms with Crippen molar-refractivity contribution >= 4 is 15.9 Å². The minimum atomic E-state index is -0.109. The molecule has 3 rings (SSSR count). The van der Waals surface area contributed by atoms with E-state index in [-0.39, 0.29) is 6.04 Å². The van der Waals surface area contributed by atoms with Gasteiger partial charge in [0.1, 0.15) is 5.75 Å². The molecule has 0 amide bonds. The maximum absolute atomic E-state index is 6.39. The molecule has 3 heteroatoms. The van der Waals surface area contributed by atoms with E-state index in [1.165, 1.54) is 24.8 Å². The number of methoxy groups -OCH3 is 1. The maximum Gasteiger partial charge on any atom is 0.133 e. The summed E-state index contributed by atoms with van der Waals surface area (Å²) in [5.74, 6) is 1.59. The summed E-state index contributed by atoms with van der Waals surface area (Å²) in [6.45, 7) is 0. The molecule has 0 aromatic heterocycles. The van der Waals surface area contributed by atoms with Gasteiger partial charge in [-0.3, -0.25) is 0 Å². The molecule has 0 heterocycles. The van der Waals surface area contributed by atoms with Crippen molar-refractivity contribution in [2.24, 2.45) is 5.73 Å². The average molecular weight is 346 g/mol. The molecule has 1 fully saturated rings. The number of benzene rings is 2. The summed E-state index contributed by atoms with van der Waals surface area (Å²) in [7, 11) is 1.67. The van der Waals surface area contributed by atoms with Crippen LogP contribution in [0.25, 0.3) is 0 Å². The number of rotatable bonds is 4. The van der Waals surface area contributed by atoms with Crippen molar-refractivity contribution in [2.45, 2.75) is 31.2 Å². The zero-order chi connectivity index (χ0) is 14.8. The van der Waals surface area contributed by atoms with Crippen molar-refractivity contribution in [1.29, 1.82) is 0 Å². The lowest BCUT2D eigenvalue weighted by Gasteiger charge is -2.26. The van der Waals surface area contributed by atoms with Crippen LogP contribution in [-0.2, 0) is 0 Å². The van der Waals surface area contributed by atoms with Gasteiger partial charge >= 0.3 is 0 Å². The number of halogens is 1. The van der Waals surface area contributed by atoms with Gasteiger partial charge in [0, 0.05) is 0 Å². The van der Waals surface area contributed by atoms with Crippen molar-refractivity contribution in [1.82, 2.24) is 0 Å². The molecule has 0 bridgehead atoms. The fraction of sp³-hybridized carbons (Fsp3) is 0.333. The molecule has 1 aliphatic carbocycles. The lowest BCUT2D eigenvalue weighted by molar-refractivity contribution is 0.412. The Kier molecular flexibility index (Phi) is 4.32. The van der Waals surface area contributed by atoms with Crippen LogP contribution >= 0.6 is 15.9 Å². The van der Waals surface area contributed by atoms with Crippen molar-refractivity contribution in [3.8, 4) is 5.75 Å². The first kappa shape index (κ1) is 14.6. The van der Waals surface area contributed by atoms with Crippen LogP contribution in [0.4, 0.5) is 0 Å². The van der Waals surface area contributed by atoms with Crippen LogP contribution in [0.3, 0.4) is 0 Å². The standard InChI is InChI=1S/C18H20BrNO/c1-21-17-10-9-15(11-16(17)19)18(20)14-7-5-13(6-8-14)12-3-2-4-12/h5-12,18H,2-4,20H2,1H3. The summed E-state index contributed by atoms with van der Waals surface area (Å²) < 4.78 is 6.19. The zero-order valence-electron chi connectivity index (χ0n) is 12.2. The second-order valence-corrected chi connectivity index (χ2v) is 6.52. The number of hydrogen-bond acceptors (Lipinski definition) is 2. The highest BCUT2D eigenvalue weighted by atomic mass is 79.9. The van der Waals surface area contributed by atoms with Crippen LogP contribution in [-0.4, -0.2) is 7.11 Å². The van der Waals surface area contributed by atoms with Gasteiger partial charge in [-0.05, 0) is 63.5 Å². The molecule has 21 heavy (non-hydrogen) atoms. The summed E-state index contributed by atoms with van der Waals surface area (Å²) in [6, 6.07) is 14.7. The summed E-state index contributed by atoms with van der Waals surface area (Å²) >= 11 is 3.52. The maximum atomic E-state index is 6.39. The molecule has 1 saturated carbocycles. The monoisotopic (exact) mass is 345 g/mol. The van der Waals surface area contributed by atoms with E-state index in [1.54, 1.807) is 7.11 Å². The van der Waals surface area contributed by atoms with Crippen molar-refractivity contribution in [3.63, 3.8) is 0 Å². The largest absolute Gasteiger partial charge is 0.496 e. The van der Waals surface area contributed by atoms with E-state index in [4.69, 9.17) is 10.5 Å². The molecular formula is C18H20BrNO. The predicted octanol–water partition coefficient (Wildman–Crippen LogP) is 4.77. The van der Waals surface area contributed by atoms with Crippen LogP contribution in [0.1, 0.15) is 47.9 Å². The van der Waals surface area contributed by atoms with E-state index in [9.17, 15) is 0 Å². The highest BCUT2D eigenvalue weighted by Crippen LogP contribution is 2.37. The molecule has 110 valence electrons. The van der Waals surface area contributed by atoms with Gasteiger partial charge in [-0.2, -0.15) is 0 Å². The van der Waals surface area contributed by atoms with Crippen LogP contribution in [0.15, 0.2) is 46.9 Å². The minimum absolute atomic E-state index is 0.109. The molecule has 0 radical (unpaired) electrons. The molecular weight excluding hydrogens is 326 g/mol. The Labute approximate surface area is 134 Å². The molecule has 1 atom stereocenters. The van der Waals surface area contributed by atoms with E-state index in [0.29, 0.717) is 0 Å². The lowest BCUT2D eigenvalue weighted by Crippen LogP contribution is -2.13. The third-order valence-corrected chi connectivity index (χ3v) is 5.03. The normalized spacial score (nSPS) is 16.3. The third-order valence-electron chi connectivity index (χ3n) is 4.41. The van der Waals surface area contributed by atoms with Gasteiger partial charge in [-0.1, -0.05) is 36.8 Å². The molecule has 1 aliphatic rings. The fourth-order valence-electron chi connectivity index (χ4n) is 2.79. The summed E-state index contributed by atoms with van der Waals surface area (Å²) in [6.07, 6.45) is 4.03. The topological polar surface area (TPSA) is 35.2 Å². The second kappa shape index (κ2) is 6.20. The first-order valence-corrected chi connectivity index (χ1v) is 8.17. The Morgan fingerprint density at radius 2 is 1.76 bits per heavy atom. The molecule has 0 aliphatic heterocycles. The molecule has 2 N–H and O–H groups in total.